The third kappa shape index (κ3) is 3.75. The average Bonchev–Trinajstić information content (AvgIpc) is 3.49. The molecular formula is C27H26FN5O. The van der Waals surface area contributed by atoms with Crippen molar-refractivity contribution in [3.8, 4) is 11.5 Å². The van der Waals surface area contributed by atoms with E-state index in [1.807, 2.05) is 31.3 Å². The van der Waals surface area contributed by atoms with Gasteiger partial charge in [-0.15, -0.1) is 0 Å². The summed E-state index contributed by atoms with van der Waals surface area (Å²) < 4.78 is 19.2. The van der Waals surface area contributed by atoms with Gasteiger partial charge >= 0.3 is 0 Å². The fraction of sp³-hybridized carbons (Fsp3) is 0.333. The van der Waals surface area contributed by atoms with E-state index in [9.17, 15) is 4.39 Å². The van der Waals surface area contributed by atoms with Crippen molar-refractivity contribution in [2.75, 3.05) is 0 Å². The molecule has 0 saturated heterocycles. The van der Waals surface area contributed by atoms with E-state index in [0.29, 0.717) is 29.5 Å². The van der Waals surface area contributed by atoms with Gasteiger partial charge < -0.3 is 9.51 Å². The molecule has 172 valence electrons. The van der Waals surface area contributed by atoms with E-state index in [-0.39, 0.29) is 5.82 Å². The van der Waals surface area contributed by atoms with Gasteiger partial charge in [-0.1, -0.05) is 12.1 Å². The molecule has 6 nitrogen and oxygen atoms in total. The number of aromatic nitrogens is 5. The summed E-state index contributed by atoms with van der Waals surface area (Å²) in [7, 11) is 0. The first kappa shape index (κ1) is 21.0. The van der Waals surface area contributed by atoms with Crippen molar-refractivity contribution in [3.63, 3.8) is 0 Å². The van der Waals surface area contributed by atoms with Crippen LogP contribution in [0.4, 0.5) is 4.39 Å². The second-order valence-corrected chi connectivity index (χ2v) is 9.46. The SMILES string of the molecule is Cc1noc(-c2ccc3nc([C@@H](C)[C@H]4CC[C@@H](c5ccnc6ccc(F)cc65)CC4)[nH]c3c2)n1. The Morgan fingerprint density at radius 3 is 2.62 bits per heavy atom. The van der Waals surface area contributed by atoms with Crippen LogP contribution >= 0.6 is 0 Å². The van der Waals surface area contributed by atoms with Gasteiger partial charge in [0.05, 0.1) is 16.6 Å². The minimum Gasteiger partial charge on any atom is -0.342 e. The van der Waals surface area contributed by atoms with Crippen LogP contribution in [-0.4, -0.2) is 25.1 Å². The predicted octanol–water partition coefficient (Wildman–Crippen LogP) is 6.69. The zero-order valence-corrected chi connectivity index (χ0v) is 19.3. The summed E-state index contributed by atoms with van der Waals surface area (Å²) in [5, 5.41) is 4.83. The topological polar surface area (TPSA) is 80.5 Å². The molecule has 5 aromatic rings. The molecule has 0 spiro atoms. The lowest BCUT2D eigenvalue weighted by molar-refractivity contribution is 0.286. The molecule has 3 heterocycles. The molecule has 1 saturated carbocycles. The Hall–Kier alpha value is -3.61. The Labute approximate surface area is 196 Å². The third-order valence-electron chi connectivity index (χ3n) is 7.36. The van der Waals surface area contributed by atoms with E-state index in [2.05, 4.69) is 33.1 Å². The van der Waals surface area contributed by atoms with E-state index >= 15 is 0 Å². The summed E-state index contributed by atoms with van der Waals surface area (Å²) in [6.45, 7) is 4.08. The number of aryl methyl sites for hydroxylation is 1. The molecule has 1 atom stereocenters. The van der Waals surface area contributed by atoms with Crippen LogP contribution in [0.15, 0.2) is 53.2 Å². The van der Waals surface area contributed by atoms with Gasteiger partial charge in [0.15, 0.2) is 5.82 Å². The number of nitrogens with zero attached hydrogens (tertiary/aromatic N) is 4. The number of aromatic amines is 1. The number of hydrogen-bond donors (Lipinski definition) is 1. The Morgan fingerprint density at radius 1 is 1.00 bits per heavy atom. The van der Waals surface area contributed by atoms with E-state index in [4.69, 9.17) is 9.51 Å². The zero-order valence-electron chi connectivity index (χ0n) is 19.3. The maximum Gasteiger partial charge on any atom is 0.257 e. The number of imidazole rings is 1. The molecule has 6 rings (SSSR count). The smallest absolute Gasteiger partial charge is 0.257 e. The number of H-pyrrole nitrogens is 1. The van der Waals surface area contributed by atoms with Crippen molar-refractivity contribution in [3.05, 3.63) is 71.7 Å². The third-order valence-corrected chi connectivity index (χ3v) is 7.36. The van der Waals surface area contributed by atoms with Gasteiger partial charge in [-0.3, -0.25) is 4.98 Å². The molecule has 1 aliphatic rings. The monoisotopic (exact) mass is 455 g/mol. The van der Waals surface area contributed by atoms with Crippen LogP contribution in [0.3, 0.4) is 0 Å². The molecule has 0 bridgehead atoms. The van der Waals surface area contributed by atoms with E-state index in [1.54, 1.807) is 12.1 Å². The molecule has 7 heteroatoms. The number of benzene rings is 2. The Kier molecular flexibility index (Phi) is 5.12. The maximum atomic E-state index is 13.9. The average molecular weight is 456 g/mol. The van der Waals surface area contributed by atoms with Gasteiger partial charge in [-0.2, -0.15) is 4.98 Å². The molecule has 0 radical (unpaired) electrons. The van der Waals surface area contributed by atoms with Gasteiger partial charge in [0.2, 0.25) is 0 Å². The molecule has 0 aliphatic heterocycles. The Bertz CT molecular complexity index is 1480. The number of fused-ring (bicyclic) bond motifs is 2. The maximum absolute atomic E-state index is 13.9. The minimum atomic E-state index is -0.202. The van der Waals surface area contributed by atoms with Crippen molar-refractivity contribution >= 4 is 21.9 Å². The molecule has 0 unspecified atom stereocenters. The van der Waals surface area contributed by atoms with Crippen molar-refractivity contribution in [2.45, 2.75) is 51.4 Å². The standard InChI is InChI=1S/C27H26FN5O/c1-15(26-31-24-9-7-19(13-25(24)32-26)27-30-16(2)33-34-27)17-3-5-18(6-4-17)21-11-12-29-23-10-8-20(28)14-22(21)23/h7-15,17-18H,3-6H2,1-2H3,(H,31,32)/t15-,17-,18+/m0/s1. The highest BCUT2D eigenvalue weighted by Gasteiger charge is 2.29. The van der Waals surface area contributed by atoms with Crippen LogP contribution in [0.1, 0.15) is 61.7 Å². The van der Waals surface area contributed by atoms with Gasteiger partial charge in [0, 0.05) is 23.1 Å². The van der Waals surface area contributed by atoms with Gasteiger partial charge in [-0.05, 0) is 92.5 Å². The van der Waals surface area contributed by atoms with E-state index < -0.39 is 0 Å². The lowest BCUT2D eigenvalue weighted by atomic mass is 9.73. The van der Waals surface area contributed by atoms with Crippen molar-refractivity contribution in [2.24, 2.45) is 5.92 Å². The van der Waals surface area contributed by atoms with Crippen LogP contribution in [0.5, 0.6) is 0 Å². The normalized spacial score (nSPS) is 19.6. The largest absolute Gasteiger partial charge is 0.342 e. The second-order valence-electron chi connectivity index (χ2n) is 9.46. The minimum absolute atomic E-state index is 0.202. The first-order valence-corrected chi connectivity index (χ1v) is 11.9. The van der Waals surface area contributed by atoms with Crippen LogP contribution in [0, 0.1) is 18.7 Å². The fourth-order valence-electron chi connectivity index (χ4n) is 5.44. The van der Waals surface area contributed by atoms with Gasteiger partial charge in [0.25, 0.3) is 5.89 Å². The quantitative estimate of drug-likeness (QED) is 0.327. The summed E-state index contributed by atoms with van der Waals surface area (Å²) in [5.41, 5.74) is 4.90. The molecule has 1 fully saturated rings. The fourth-order valence-corrected chi connectivity index (χ4v) is 5.44. The molecule has 0 amide bonds. The van der Waals surface area contributed by atoms with E-state index in [1.165, 1.54) is 11.6 Å². The van der Waals surface area contributed by atoms with Gasteiger partial charge in [-0.25, -0.2) is 9.37 Å². The number of rotatable bonds is 4. The van der Waals surface area contributed by atoms with Gasteiger partial charge in [0.1, 0.15) is 11.6 Å². The predicted molar refractivity (Wildman–Crippen MR) is 129 cm³/mol. The number of nitrogens with one attached hydrogen (secondary N) is 1. The zero-order chi connectivity index (χ0) is 23.2. The molecule has 3 aromatic heterocycles. The van der Waals surface area contributed by atoms with Crippen molar-refractivity contribution in [1.82, 2.24) is 25.1 Å². The van der Waals surface area contributed by atoms with E-state index in [0.717, 1.165) is 59.0 Å². The number of hydrogen-bond acceptors (Lipinski definition) is 5. The molecule has 34 heavy (non-hydrogen) atoms. The molecule has 1 aliphatic carbocycles. The van der Waals surface area contributed by atoms with Crippen LogP contribution in [0.25, 0.3) is 33.4 Å². The summed E-state index contributed by atoms with van der Waals surface area (Å²) in [5.74, 6) is 3.28. The highest BCUT2D eigenvalue weighted by Crippen LogP contribution is 2.43. The van der Waals surface area contributed by atoms with Crippen molar-refractivity contribution in [1.29, 1.82) is 0 Å². The van der Waals surface area contributed by atoms with Crippen LogP contribution < -0.4 is 0 Å². The number of pyridine rings is 1. The van der Waals surface area contributed by atoms with Crippen molar-refractivity contribution < 1.29 is 8.91 Å². The summed E-state index contributed by atoms with van der Waals surface area (Å²) in [6, 6.07) is 12.9. The molecular weight excluding hydrogens is 429 g/mol. The Morgan fingerprint density at radius 2 is 1.82 bits per heavy atom. The summed E-state index contributed by atoms with van der Waals surface area (Å²) in [6.07, 6.45) is 6.27. The summed E-state index contributed by atoms with van der Waals surface area (Å²) in [4.78, 5) is 17.2. The highest BCUT2D eigenvalue weighted by molar-refractivity contribution is 5.82. The first-order chi connectivity index (χ1) is 16.5. The molecule has 2 aromatic carbocycles. The lowest BCUT2D eigenvalue weighted by Gasteiger charge is -2.32. The Balaban J connectivity index is 1.19. The second kappa shape index (κ2) is 8.31. The molecule has 1 N–H and O–H groups in total. The van der Waals surface area contributed by atoms with Crippen LogP contribution in [-0.2, 0) is 0 Å². The number of halogens is 1. The lowest BCUT2D eigenvalue weighted by Crippen LogP contribution is -2.19. The first-order valence-electron chi connectivity index (χ1n) is 11.9. The summed E-state index contributed by atoms with van der Waals surface area (Å²) >= 11 is 0. The van der Waals surface area contributed by atoms with Crippen LogP contribution in [0.2, 0.25) is 0 Å². The highest BCUT2D eigenvalue weighted by atomic mass is 19.1.